The Morgan fingerprint density at radius 1 is 1.33 bits per heavy atom. The van der Waals surface area contributed by atoms with E-state index in [9.17, 15) is 0 Å². The van der Waals surface area contributed by atoms with Crippen LogP contribution in [-0.4, -0.2) is 22.2 Å². The first-order valence-corrected chi connectivity index (χ1v) is 7.26. The number of rotatable bonds is 3. The number of ether oxygens (including phenoxy) is 1. The first-order chi connectivity index (χ1) is 10.3. The summed E-state index contributed by atoms with van der Waals surface area (Å²) >= 11 is 0. The highest BCUT2D eigenvalue weighted by atomic mass is 16.5. The number of aromatic amines is 1. The smallest absolute Gasteiger partial charge is 0.274 e. The van der Waals surface area contributed by atoms with E-state index in [0.717, 1.165) is 25.7 Å². The lowest BCUT2D eigenvalue weighted by Gasteiger charge is -2.27. The van der Waals surface area contributed by atoms with Crippen molar-refractivity contribution in [3.05, 3.63) is 23.7 Å². The monoisotopic (exact) mass is 286 g/mol. The minimum Gasteiger partial charge on any atom is -0.370 e. The van der Waals surface area contributed by atoms with Gasteiger partial charge in [-0.3, -0.25) is 0 Å². The van der Waals surface area contributed by atoms with Gasteiger partial charge in [0.1, 0.15) is 17.4 Å². The molecule has 0 aliphatic heterocycles. The number of nitriles is 1. The average molecular weight is 286 g/mol. The summed E-state index contributed by atoms with van der Waals surface area (Å²) < 4.78 is 11.1. The van der Waals surface area contributed by atoms with E-state index in [1.807, 2.05) is 0 Å². The zero-order chi connectivity index (χ0) is 14.7. The summed E-state index contributed by atoms with van der Waals surface area (Å²) in [6.07, 6.45) is 8.11. The van der Waals surface area contributed by atoms with Crippen LogP contribution in [0.15, 0.2) is 16.8 Å². The Balaban J connectivity index is 1.90. The predicted molar refractivity (Wildman–Crippen MR) is 75.2 cm³/mol. The summed E-state index contributed by atoms with van der Waals surface area (Å²) in [7, 11) is 1.71. The first-order valence-electron chi connectivity index (χ1n) is 7.26. The molecule has 0 radical (unpaired) electrons. The Hall–Kier alpha value is -2.13. The second-order valence-corrected chi connectivity index (χ2v) is 5.45. The van der Waals surface area contributed by atoms with Crippen LogP contribution < -0.4 is 0 Å². The lowest BCUT2D eigenvalue weighted by atomic mass is 9.93. The molecule has 2 aromatic heterocycles. The number of nitrogens with one attached hydrogen (secondary N) is 1. The Kier molecular flexibility index (Phi) is 3.76. The van der Waals surface area contributed by atoms with Crippen LogP contribution in [0.5, 0.6) is 0 Å². The normalized spacial score (nSPS) is 18.1. The Morgan fingerprint density at radius 3 is 2.71 bits per heavy atom. The third kappa shape index (κ3) is 2.57. The van der Waals surface area contributed by atoms with Gasteiger partial charge in [0.15, 0.2) is 0 Å². The van der Waals surface area contributed by atoms with Gasteiger partial charge in [-0.15, -0.1) is 0 Å². The van der Waals surface area contributed by atoms with E-state index in [4.69, 9.17) is 14.5 Å². The van der Waals surface area contributed by atoms with Crippen molar-refractivity contribution in [3.63, 3.8) is 0 Å². The van der Waals surface area contributed by atoms with Crippen molar-refractivity contribution in [2.45, 2.75) is 44.1 Å². The Morgan fingerprint density at radius 2 is 2.10 bits per heavy atom. The molecule has 0 aromatic carbocycles. The zero-order valence-electron chi connectivity index (χ0n) is 12.1. The van der Waals surface area contributed by atoms with Crippen molar-refractivity contribution in [1.29, 1.82) is 5.26 Å². The molecule has 1 N–H and O–H groups in total. The van der Waals surface area contributed by atoms with Crippen LogP contribution in [0.4, 0.5) is 0 Å². The molecule has 0 unspecified atom stereocenters. The molecule has 1 fully saturated rings. The van der Waals surface area contributed by atoms with Crippen LogP contribution in [0, 0.1) is 11.3 Å². The minimum atomic E-state index is -0.442. The van der Waals surface area contributed by atoms with Crippen molar-refractivity contribution in [2.75, 3.05) is 7.11 Å². The van der Waals surface area contributed by atoms with E-state index in [2.05, 4.69) is 21.2 Å². The maximum absolute atomic E-state index is 8.86. The molecule has 6 nitrogen and oxygen atoms in total. The fourth-order valence-electron chi connectivity index (χ4n) is 2.92. The molecule has 1 aliphatic rings. The van der Waals surface area contributed by atoms with E-state index in [1.165, 1.54) is 12.8 Å². The highest BCUT2D eigenvalue weighted by Gasteiger charge is 2.37. The molecule has 0 atom stereocenters. The molecule has 0 spiro atoms. The summed E-state index contributed by atoms with van der Waals surface area (Å²) in [5.74, 6) is 1.00. The molecule has 2 heterocycles. The predicted octanol–water partition coefficient (Wildman–Crippen LogP) is 3.13. The second kappa shape index (κ2) is 5.70. The molecule has 1 saturated carbocycles. The van der Waals surface area contributed by atoms with Gasteiger partial charge in [0.05, 0.1) is 5.56 Å². The maximum atomic E-state index is 8.86. The zero-order valence-corrected chi connectivity index (χ0v) is 12.1. The first kappa shape index (κ1) is 13.8. The van der Waals surface area contributed by atoms with Crippen molar-refractivity contribution >= 4 is 0 Å². The van der Waals surface area contributed by atoms with Crippen LogP contribution in [0.3, 0.4) is 0 Å². The van der Waals surface area contributed by atoms with Crippen molar-refractivity contribution < 1.29 is 9.26 Å². The van der Waals surface area contributed by atoms with Gasteiger partial charge in [0.25, 0.3) is 5.89 Å². The molecule has 2 aromatic rings. The fourth-order valence-corrected chi connectivity index (χ4v) is 2.92. The second-order valence-electron chi connectivity index (χ2n) is 5.45. The number of aromatic nitrogens is 3. The lowest BCUT2D eigenvalue weighted by molar-refractivity contribution is -0.0365. The maximum Gasteiger partial charge on any atom is 0.274 e. The van der Waals surface area contributed by atoms with E-state index in [1.54, 1.807) is 19.4 Å². The standard InChI is InChI=1S/C15H18N4O2/c1-20-15(6-4-2-3-5-7-15)14-18-13(21-19-14)12-8-11(9-16)10-17-12/h8,10,17H,2-7H2,1H3. The van der Waals surface area contributed by atoms with Crippen LogP contribution >= 0.6 is 0 Å². The molecule has 1 aliphatic carbocycles. The van der Waals surface area contributed by atoms with Crippen LogP contribution in [0.1, 0.15) is 49.9 Å². The minimum absolute atomic E-state index is 0.396. The lowest BCUT2D eigenvalue weighted by Crippen LogP contribution is -2.29. The number of hydrogen-bond donors (Lipinski definition) is 1. The molecule has 0 amide bonds. The van der Waals surface area contributed by atoms with Gasteiger partial charge >= 0.3 is 0 Å². The largest absolute Gasteiger partial charge is 0.370 e. The van der Waals surface area contributed by atoms with Crippen LogP contribution in [0.25, 0.3) is 11.6 Å². The summed E-state index contributed by atoms with van der Waals surface area (Å²) in [5.41, 5.74) is 0.758. The fraction of sp³-hybridized carbons (Fsp3) is 0.533. The molecule has 21 heavy (non-hydrogen) atoms. The van der Waals surface area contributed by atoms with Crippen molar-refractivity contribution in [1.82, 2.24) is 15.1 Å². The van der Waals surface area contributed by atoms with Gasteiger partial charge in [0, 0.05) is 13.3 Å². The van der Waals surface area contributed by atoms with Crippen molar-refractivity contribution in [3.8, 4) is 17.7 Å². The van der Waals surface area contributed by atoms with E-state index in [-0.39, 0.29) is 0 Å². The Labute approximate surface area is 123 Å². The number of nitrogens with zero attached hydrogens (tertiary/aromatic N) is 3. The van der Waals surface area contributed by atoms with Gasteiger partial charge < -0.3 is 14.2 Å². The average Bonchev–Trinajstić information content (AvgIpc) is 3.12. The van der Waals surface area contributed by atoms with Gasteiger partial charge in [-0.25, -0.2) is 0 Å². The summed E-state index contributed by atoms with van der Waals surface area (Å²) in [6, 6.07) is 3.77. The molecule has 0 bridgehead atoms. The van der Waals surface area contributed by atoms with Crippen LogP contribution in [0.2, 0.25) is 0 Å². The van der Waals surface area contributed by atoms with E-state index < -0.39 is 5.60 Å². The van der Waals surface area contributed by atoms with Crippen molar-refractivity contribution in [2.24, 2.45) is 0 Å². The summed E-state index contributed by atoms with van der Waals surface area (Å²) in [5, 5.41) is 13.0. The quantitative estimate of drug-likeness (QED) is 0.876. The van der Waals surface area contributed by atoms with Crippen LogP contribution in [-0.2, 0) is 10.3 Å². The van der Waals surface area contributed by atoms with Gasteiger partial charge in [-0.1, -0.05) is 30.8 Å². The third-order valence-electron chi connectivity index (χ3n) is 4.18. The Bertz CT molecular complexity index is 645. The van der Waals surface area contributed by atoms with E-state index >= 15 is 0 Å². The van der Waals surface area contributed by atoms with Gasteiger partial charge in [-0.05, 0) is 18.9 Å². The van der Waals surface area contributed by atoms with E-state index in [0.29, 0.717) is 23.0 Å². The SMILES string of the molecule is COC1(c2noc(-c3cc(C#N)c[nH]3)n2)CCCCCC1. The number of hydrogen-bond acceptors (Lipinski definition) is 5. The molecule has 0 saturated heterocycles. The topological polar surface area (TPSA) is 87.7 Å². The number of H-pyrrole nitrogens is 1. The third-order valence-corrected chi connectivity index (χ3v) is 4.18. The highest BCUT2D eigenvalue weighted by Crippen LogP contribution is 2.38. The molecule has 3 rings (SSSR count). The summed E-state index contributed by atoms with van der Waals surface area (Å²) in [6.45, 7) is 0. The van der Waals surface area contributed by atoms with Gasteiger partial charge in [-0.2, -0.15) is 10.2 Å². The highest BCUT2D eigenvalue weighted by molar-refractivity contribution is 5.51. The van der Waals surface area contributed by atoms with Gasteiger partial charge in [0.2, 0.25) is 5.82 Å². The molecule has 110 valence electrons. The molecular weight excluding hydrogens is 268 g/mol. The number of methoxy groups -OCH3 is 1. The molecule has 6 heteroatoms. The summed E-state index contributed by atoms with van der Waals surface area (Å²) in [4.78, 5) is 7.47. The molecular formula is C15H18N4O2.